The number of pyridine rings is 2. The van der Waals surface area contributed by atoms with Gasteiger partial charge in [-0.2, -0.15) is 0 Å². The number of hydrogen-bond acceptors (Lipinski definition) is 4. The summed E-state index contributed by atoms with van der Waals surface area (Å²) in [7, 11) is 0. The van der Waals surface area contributed by atoms with Gasteiger partial charge in [-0.3, -0.25) is 19.2 Å². The zero-order valence-corrected chi connectivity index (χ0v) is 24.5. The third-order valence-electron chi connectivity index (χ3n) is 8.06. The van der Waals surface area contributed by atoms with Gasteiger partial charge in [-0.05, 0) is 48.5 Å². The van der Waals surface area contributed by atoms with Gasteiger partial charge in [0.25, 0.3) is 0 Å². The molecule has 8 aromatic rings. The number of benzene rings is 6. The Labute approximate surface area is 262 Å². The van der Waals surface area contributed by atoms with Crippen LogP contribution in [0, 0.1) is 0 Å². The predicted molar refractivity (Wildman–Crippen MR) is 184 cm³/mol. The molecule has 0 aliphatic heterocycles. The van der Waals surface area contributed by atoms with Gasteiger partial charge in [0.05, 0.1) is 0 Å². The van der Waals surface area contributed by atoms with Crippen LogP contribution >= 0.6 is 0 Å². The molecular weight excluding hydrogens is 572 g/mol. The highest BCUT2D eigenvalue weighted by Gasteiger charge is 2.28. The summed E-state index contributed by atoms with van der Waals surface area (Å²) in [5.74, 6) is -0.128. The second-order valence-electron chi connectivity index (χ2n) is 10.8. The number of para-hydroxylation sites is 4. The van der Waals surface area contributed by atoms with Gasteiger partial charge in [-0.25, -0.2) is 0 Å². The van der Waals surface area contributed by atoms with Crippen LogP contribution in [0.1, 0.15) is 31.8 Å². The molecule has 6 heteroatoms. The maximum Gasteiger partial charge on any atom is 0.197 e. The van der Waals surface area contributed by atoms with Crippen molar-refractivity contribution in [3.63, 3.8) is 0 Å². The van der Waals surface area contributed by atoms with Crippen molar-refractivity contribution in [1.82, 2.24) is 9.97 Å². The first-order valence-electron chi connectivity index (χ1n) is 14.8. The number of H-pyrrole nitrogens is 2. The Morgan fingerprint density at radius 3 is 0.761 bits per heavy atom. The molecule has 0 atom stereocenters. The molecule has 0 spiro atoms. The van der Waals surface area contributed by atoms with Crippen molar-refractivity contribution in [2.75, 3.05) is 0 Å². The maximum absolute atomic E-state index is 12.1. The van der Waals surface area contributed by atoms with Crippen LogP contribution < -0.4 is 10.9 Å². The Morgan fingerprint density at radius 2 is 0.500 bits per heavy atom. The average Bonchev–Trinajstić information content (AvgIpc) is 3.11. The van der Waals surface area contributed by atoms with E-state index in [1.807, 2.05) is 97.1 Å². The van der Waals surface area contributed by atoms with E-state index in [9.17, 15) is 19.2 Å². The molecule has 0 saturated heterocycles. The lowest BCUT2D eigenvalue weighted by Crippen LogP contribution is -2.20. The SMILES string of the molecule is O=C1c2ccccc2C(=O)c2ccccc21.O=c1c2ccccc2[nH]c2ccccc12.O=c1c2ccccc2[nH]c2ccccc12. The van der Waals surface area contributed by atoms with Gasteiger partial charge in [0.15, 0.2) is 22.4 Å². The number of carbonyl (C=O) groups is 2. The minimum atomic E-state index is -0.0641. The van der Waals surface area contributed by atoms with Gasteiger partial charge in [0.1, 0.15) is 0 Å². The van der Waals surface area contributed by atoms with Crippen molar-refractivity contribution in [2.45, 2.75) is 0 Å². The van der Waals surface area contributed by atoms with Crippen LogP contribution in [0.5, 0.6) is 0 Å². The van der Waals surface area contributed by atoms with Crippen LogP contribution in [0.4, 0.5) is 0 Å². The van der Waals surface area contributed by atoms with Gasteiger partial charge in [-0.15, -0.1) is 0 Å². The highest BCUT2D eigenvalue weighted by atomic mass is 16.1. The fourth-order valence-corrected chi connectivity index (χ4v) is 5.79. The second kappa shape index (κ2) is 11.9. The molecule has 2 heterocycles. The van der Waals surface area contributed by atoms with E-state index in [0.717, 1.165) is 43.6 Å². The van der Waals surface area contributed by atoms with Crippen molar-refractivity contribution >= 4 is 55.2 Å². The van der Waals surface area contributed by atoms with Crippen LogP contribution in [0.2, 0.25) is 0 Å². The van der Waals surface area contributed by atoms with Crippen LogP contribution in [-0.2, 0) is 0 Å². The smallest absolute Gasteiger partial charge is 0.197 e. The molecule has 0 amide bonds. The molecular formula is C40H26N2O4. The molecule has 0 saturated carbocycles. The summed E-state index contributed by atoms with van der Waals surface area (Å²) >= 11 is 0. The predicted octanol–water partition coefficient (Wildman–Crippen LogP) is 7.82. The number of aromatic amines is 2. The molecule has 6 aromatic carbocycles. The number of aromatic nitrogens is 2. The van der Waals surface area contributed by atoms with Gasteiger partial charge in [-0.1, -0.05) is 97.1 Å². The monoisotopic (exact) mass is 598 g/mol. The highest BCUT2D eigenvalue weighted by molar-refractivity contribution is 6.28. The summed E-state index contributed by atoms with van der Waals surface area (Å²) in [6.45, 7) is 0. The summed E-state index contributed by atoms with van der Waals surface area (Å²) in [6, 6.07) is 44.2. The summed E-state index contributed by atoms with van der Waals surface area (Å²) in [6.07, 6.45) is 0. The standard InChI is InChI=1S/C14H8O2.2C13H9NO/c15-13-9-5-1-2-6-10(9)14(16)12-8-4-3-7-11(12)13;2*15-13-9-5-1-3-7-11(9)14-12-8-4-2-6-10(12)13/h1-8H;2*1-8H,(H,14,15). The zero-order valence-electron chi connectivity index (χ0n) is 24.5. The van der Waals surface area contributed by atoms with Gasteiger partial charge < -0.3 is 9.97 Å². The Balaban J connectivity index is 0.000000110. The van der Waals surface area contributed by atoms with Crippen molar-refractivity contribution in [2.24, 2.45) is 0 Å². The van der Waals surface area contributed by atoms with Gasteiger partial charge in [0.2, 0.25) is 0 Å². The van der Waals surface area contributed by atoms with E-state index >= 15 is 0 Å². The van der Waals surface area contributed by atoms with Crippen LogP contribution in [0.15, 0.2) is 155 Å². The minimum absolute atomic E-state index is 0.0641. The molecule has 2 aromatic heterocycles. The number of rotatable bonds is 0. The van der Waals surface area contributed by atoms with Crippen LogP contribution in [-0.4, -0.2) is 21.5 Å². The number of fused-ring (bicyclic) bond motifs is 6. The molecule has 0 radical (unpaired) electrons. The fourth-order valence-electron chi connectivity index (χ4n) is 5.79. The second-order valence-corrected chi connectivity index (χ2v) is 10.8. The summed E-state index contributed by atoms with van der Waals surface area (Å²) in [4.78, 5) is 54.8. The lowest BCUT2D eigenvalue weighted by molar-refractivity contribution is 0.0979. The number of carbonyl (C=O) groups excluding carboxylic acids is 2. The Kier molecular flexibility index (Phi) is 7.37. The van der Waals surface area contributed by atoms with Gasteiger partial charge in [0, 0.05) is 65.9 Å². The van der Waals surface area contributed by atoms with E-state index in [4.69, 9.17) is 0 Å². The van der Waals surface area contributed by atoms with E-state index in [2.05, 4.69) is 9.97 Å². The molecule has 0 bridgehead atoms. The molecule has 0 fully saturated rings. The molecule has 1 aliphatic rings. The van der Waals surface area contributed by atoms with Crippen molar-refractivity contribution in [3.05, 3.63) is 188 Å². The number of hydrogen-bond donors (Lipinski definition) is 2. The first-order chi connectivity index (χ1) is 22.5. The largest absolute Gasteiger partial charge is 0.354 e. The van der Waals surface area contributed by atoms with E-state index < -0.39 is 0 Å². The number of nitrogens with one attached hydrogen (secondary N) is 2. The third-order valence-corrected chi connectivity index (χ3v) is 8.06. The minimum Gasteiger partial charge on any atom is -0.354 e. The van der Waals surface area contributed by atoms with E-state index in [1.165, 1.54) is 0 Å². The quantitative estimate of drug-likeness (QED) is 0.174. The average molecular weight is 599 g/mol. The highest BCUT2D eigenvalue weighted by Crippen LogP contribution is 2.26. The number of ketones is 2. The first kappa shape index (κ1) is 28.4. The lowest BCUT2D eigenvalue weighted by atomic mass is 9.84. The maximum atomic E-state index is 12.1. The normalized spacial score (nSPS) is 11.7. The Morgan fingerprint density at radius 1 is 0.283 bits per heavy atom. The summed E-state index contributed by atoms with van der Waals surface area (Å²) < 4.78 is 0. The topological polar surface area (TPSA) is 99.9 Å². The van der Waals surface area contributed by atoms with Crippen LogP contribution in [0.25, 0.3) is 43.6 Å². The summed E-state index contributed by atoms with van der Waals surface area (Å²) in [5.41, 5.74) is 5.78. The van der Waals surface area contributed by atoms with E-state index in [1.54, 1.807) is 48.5 Å². The molecule has 6 nitrogen and oxygen atoms in total. The fraction of sp³-hybridized carbons (Fsp3) is 0. The summed E-state index contributed by atoms with van der Waals surface area (Å²) in [5, 5.41) is 2.99. The van der Waals surface area contributed by atoms with Gasteiger partial charge >= 0.3 is 0 Å². The zero-order chi connectivity index (χ0) is 31.6. The van der Waals surface area contributed by atoms with E-state index in [0.29, 0.717) is 22.3 Å². The Hall–Kier alpha value is -6.40. The molecule has 0 unspecified atom stereocenters. The van der Waals surface area contributed by atoms with Crippen molar-refractivity contribution < 1.29 is 9.59 Å². The molecule has 2 N–H and O–H groups in total. The first-order valence-corrected chi connectivity index (χ1v) is 14.8. The van der Waals surface area contributed by atoms with Crippen molar-refractivity contribution in [1.29, 1.82) is 0 Å². The van der Waals surface area contributed by atoms with E-state index in [-0.39, 0.29) is 22.4 Å². The lowest BCUT2D eigenvalue weighted by Gasteiger charge is -2.16. The molecule has 1 aliphatic carbocycles. The van der Waals surface area contributed by atoms with Crippen molar-refractivity contribution in [3.8, 4) is 0 Å². The van der Waals surface area contributed by atoms with Crippen LogP contribution in [0.3, 0.4) is 0 Å². The molecule has 9 rings (SSSR count). The third kappa shape index (κ3) is 5.08. The molecule has 220 valence electrons. The molecule has 46 heavy (non-hydrogen) atoms. The Bertz CT molecular complexity index is 2230.